The van der Waals surface area contributed by atoms with E-state index in [4.69, 9.17) is 23.7 Å². The van der Waals surface area contributed by atoms with E-state index in [9.17, 15) is 4.79 Å². The van der Waals surface area contributed by atoms with Gasteiger partial charge in [0.25, 0.3) is 0 Å². The van der Waals surface area contributed by atoms with Gasteiger partial charge in [-0.25, -0.2) is 9.79 Å². The van der Waals surface area contributed by atoms with Crippen LogP contribution in [-0.4, -0.2) is 40.3 Å². The van der Waals surface area contributed by atoms with Gasteiger partial charge in [-0.05, 0) is 48.9 Å². The van der Waals surface area contributed by atoms with Crippen LogP contribution in [0.2, 0.25) is 0 Å². The lowest BCUT2D eigenvalue weighted by Crippen LogP contribution is -2.06. The number of carbonyl (C=O) groups is 1. The molecule has 1 heterocycles. The standard InChI is InChI=1S/C21H21NO6/c1-12-8-18(26-4)14(11-17(12)25-3)9-15-21(23)28-20(22-15)13-6-7-16(24-2)19(10-13)27-5/h6-11H,1-5H3/b15-9+. The molecule has 146 valence electrons. The second-order valence-corrected chi connectivity index (χ2v) is 5.97. The van der Waals surface area contributed by atoms with Crippen molar-refractivity contribution in [2.24, 2.45) is 4.99 Å². The fraction of sp³-hybridized carbons (Fsp3) is 0.238. The molecule has 0 fully saturated rings. The molecule has 2 aromatic rings. The Morgan fingerprint density at radius 3 is 2.18 bits per heavy atom. The molecule has 0 unspecified atom stereocenters. The first-order chi connectivity index (χ1) is 13.5. The SMILES string of the molecule is COc1cc(/C=C2/N=C(c3ccc(OC)c(OC)c3)OC2=O)c(OC)cc1C. The molecule has 7 heteroatoms. The largest absolute Gasteiger partial charge is 0.496 e. The smallest absolute Gasteiger partial charge is 0.363 e. The molecule has 0 saturated carbocycles. The highest BCUT2D eigenvalue weighted by atomic mass is 16.6. The summed E-state index contributed by atoms with van der Waals surface area (Å²) in [6.07, 6.45) is 1.61. The minimum absolute atomic E-state index is 0.161. The third kappa shape index (κ3) is 3.64. The van der Waals surface area contributed by atoms with Gasteiger partial charge < -0.3 is 23.7 Å². The van der Waals surface area contributed by atoms with Gasteiger partial charge in [0.1, 0.15) is 11.5 Å². The van der Waals surface area contributed by atoms with Crippen molar-refractivity contribution in [3.63, 3.8) is 0 Å². The van der Waals surface area contributed by atoms with Gasteiger partial charge in [0.2, 0.25) is 5.90 Å². The van der Waals surface area contributed by atoms with E-state index in [0.29, 0.717) is 34.1 Å². The third-order valence-electron chi connectivity index (χ3n) is 4.29. The molecule has 0 radical (unpaired) electrons. The number of rotatable bonds is 6. The number of aliphatic imine (C=N–C) groups is 1. The summed E-state index contributed by atoms with van der Waals surface area (Å²) >= 11 is 0. The van der Waals surface area contributed by atoms with Crippen molar-refractivity contribution in [1.82, 2.24) is 0 Å². The summed E-state index contributed by atoms with van der Waals surface area (Å²) < 4.78 is 26.6. The molecule has 0 aromatic heterocycles. The highest BCUT2D eigenvalue weighted by molar-refractivity contribution is 6.13. The molecule has 28 heavy (non-hydrogen) atoms. The van der Waals surface area contributed by atoms with Crippen LogP contribution in [0.1, 0.15) is 16.7 Å². The van der Waals surface area contributed by atoms with Crippen molar-refractivity contribution in [2.45, 2.75) is 6.92 Å². The lowest BCUT2D eigenvalue weighted by atomic mass is 10.1. The zero-order chi connectivity index (χ0) is 20.3. The average Bonchev–Trinajstić information content (AvgIpc) is 3.08. The Labute approximate surface area is 163 Å². The van der Waals surface area contributed by atoms with Gasteiger partial charge in [-0.1, -0.05) is 0 Å². The fourth-order valence-electron chi connectivity index (χ4n) is 2.84. The summed E-state index contributed by atoms with van der Waals surface area (Å²) in [5.74, 6) is 2.02. The van der Waals surface area contributed by atoms with Crippen LogP contribution < -0.4 is 18.9 Å². The lowest BCUT2D eigenvalue weighted by molar-refractivity contribution is -0.129. The Morgan fingerprint density at radius 1 is 0.857 bits per heavy atom. The molecule has 0 bridgehead atoms. The number of carbonyl (C=O) groups excluding carboxylic acids is 1. The van der Waals surface area contributed by atoms with E-state index >= 15 is 0 Å². The minimum Gasteiger partial charge on any atom is -0.496 e. The highest BCUT2D eigenvalue weighted by Gasteiger charge is 2.25. The number of hydrogen-bond donors (Lipinski definition) is 0. The van der Waals surface area contributed by atoms with Crippen LogP contribution in [0.15, 0.2) is 41.0 Å². The number of benzene rings is 2. The van der Waals surface area contributed by atoms with E-state index in [1.165, 1.54) is 7.11 Å². The average molecular weight is 383 g/mol. The van der Waals surface area contributed by atoms with E-state index in [1.807, 2.05) is 13.0 Å². The maximum atomic E-state index is 12.3. The van der Waals surface area contributed by atoms with Crippen molar-refractivity contribution >= 4 is 17.9 Å². The van der Waals surface area contributed by atoms with Gasteiger partial charge in [0.05, 0.1) is 28.4 Å². The molecule has 1 aliphatic rings. The molecule has 0 saturated heterocycles. The first-order valence-electron chi connectivity index (χ1n) is 8.48. The van der Waals surface area contributed by atoms with Crippen LogP contribution >= 0.6 is 0 Å². The molecule has 0 amide bonds. The van der Waals surface area contributed by atoms with Gasteiger partial charge in [-0.2, -0.15) is 0 Å². The number of methoxy groups -OCH3 is 4. The molecular formula is C21H21NO6. The van der Waals surface area contributed by atoms with E-state index in [0.717, 1.165) is 5.56 Å². The monoisotopic (exact) mass is 383 g/mol. The van der Waals surface area contributed by atoms with E-state index < -0.39 is 5.97 Å². The summed E-state index contributed by atoms with van der Waals surface area (Å²) in [5, 5.41) is 0. The Morgan fingerprint density at radius 2 is 1.54 bits per heavy atom. The van der Waals surface area contributed by atoms with Crippen molar-refractivity contribution in [2.75, 3.05) is 28.4 Å². The second-order valence-electron chi connectivity index (χ2n) is 5.97. The van der Waals surface area contributed by atoms with Crippen molar-refractivity contribution in [3.8, 4) is 23.0 Å². The van der Waals surface area contributed by atoms with E-state index in [2.05, 4.69) is 4.99 Å². The molecule has 0 N–H and O–H groups in total. The lowest BCUT2D eigenvalue weighted by Gasteiger charge is -2.10. The summed E-state index contributed by atoms with van der Waals surface area (Å²) in [4.78, 5) is 16.7. The predicted octanol–water partition coefficient (Wildman–Crippen LogP) is 3.37. The fourth-order valence-corrected chi connectivity index (χ4v) is 2.84. The van der Waals surface area contributed by atoms with Crippen LogP contribution in [0.5, 0.6) is 23.0 Å². The molecule has 0 aliphatic carbocycles. The Bertz CT molecular complexity index is 977. The number of ether oxygens (including phenoxy) is 5. The molecule has 0 spiro atoms. The predicted molar refractivity (Wildman–Crippen MR) is 104 cm³/mol. The third-order valence-corrected chi connectivity index (χ3v) is 4.29. The van der Waals surface area contributed by atoms with Crippen LogP contribution in [0.25, 0.3) is 6.08 Å². The van der Waals surface area contributed by atoms with Crippen LogP contribution in [0, 0.1) is 6.92 Å². The Balaban J connectivity index is 2.01. The maximum absolute atomic E-state index is 12.3. The van der Waals surface area contributed by atoms with Crippen molar-refractivity contribution in [1.29, 1.82) is 0 Å². The minimum atomic E-state index is -0.550. The van der Waals surface area contributed by atoms with Crippen molar-refractivity contribution in [3.05, 3.63) is 52.7 Å². The topological polar surface area (TPSA) is 75.6 Å². The number of aryl methyl sites for hydroxylation is 1. The number of esters is 1. The van der Waals surface area contributed by atoms with Crippen molar-refractivity contribution < 1.29 is 28.5 Å². The molecule has 0 atom stereocenters. The zero-order valence-electron chi connectivity index (χ0n) is 16.4. The highest BCUT2D eigenvalue weighted by Crippen LogP contribution is 2.32. The molecular weight excluding hydrogens is 362 g/mol. The summed E-state index contributed by atoms with van der Waals surface area (Å²) in [7, 11) is 6.23. The van der Waals surface area contributed by atoms with Gasteiger partial charge in [-0.15, -0.1) is 0 Å². The van der Waals surface area contributed by atoms with Gasteiger partial charge in [0, 0.05) is 11.1 Å². The van der Waals surface area contributed by atoms with Gasteiger partial charge >= 0.3 is 5.97 Å². The van der Waals surface area contributed by atoms with Crippen LogP contribution in [0.3, 0.4) is 0 Å². The molecule has 3 rings (SSSR count). The summed E-state index contributed by atoms with van der Waals surface area (Å²) in [6.45, 7) is 1.91. The number of hydrogen-bond acceptors (Lipinski definition) is 7. The normalized spacial score (nSPS) is 14.5. The number of cyclic esters (lactones) is 1. The maximum Gasteiger partial charge on any atom is 0.363 e. The summed E-state index contributed by atoms with van der Waals surface area (Å²) in [6, 6.07) is 8.79. The number of nitrogens with zero attached hydrogens (tertiary/aromatic N) is 1. The first-order valence-corrected chi connectivity index (χ1v) is 8.48. The van der Waals surface area contributed by atoms with E-state index in [-0.39, 0.29) is 11.6 Å². The molecule has 7 nitrogen and oxygen atoms in total. The zero-order valence-corrected chi connectivity index (χ0v) is 16.4. The van der Waals surface area contributed by atoms with E-state index in [1.54, 1.807) is 51.7 Å². The first kappa shape index (κ1) is 19.3. The Hall–Kier alpha value is -3.48. The Kier molecular flexibility index (Phi) is 5.54. The van der Waals surface area contributed by atoms with Crippen LogP contribution in [0.4, 0.5) is 0 Å². The summed E-state index contributed by atoms with van der Waals surface area (Å²) in [5.41, 5.74) is 2.34. The van der Waals surface area contributed by atoms with Gasteiger partial charge in [-0.3, -0.25) is 0 Å². The van der Waals surface area contributed by atoms with Crippen LogP contribution in [-0.2, 0) is 9.53 Å². The second kappa shape index (κ2) is 8.04. The molecule has 2 aromatic carbocycles. The van der Waals surface area contributed by atoms with Gasteiger partial charge in [0.15, 0.2) is 17.2 Å². The quantitative estimate of drug-likeness (QED) is 0.562. The molecule has 1 aliphatic heterocycles.